The monoisotopic (exact) mass is 158 g/mol. The first-order chi connectivity index (χ1) is 5.15. The standard InChI is InChI=1S/C6H6O5/c1-2-3-4(7)11-6(9)5(8)10-3/h3H,2H2,1H3. The van der Waals surface area contributed by atoms with Crippen LogP contribution >= 0.6 is 0 Å². The van der Waals surface area contributed by atoms with Gasteiger partial charge in [-0.05, 0) is 6.42 Å². The van der Waals surface area contributed by atoms with Crippen LogP contribution in [0.4, 0.5) is 0 Å². The van der Waals surface area contributed by atoms with Gasteiger partial charge in [0.15, 0.2) is 6.10 Å². The molecule has 11 heavy (non-hydrogen) atoms. The van der Waals surface area contributed by atoms with Crippen LogP contribution in [0, 0.1) is 0 Å². The van der Waals surface area contributed by atoms with Crippen molar-refractivity contribution in [3.63, 3.8) is 0 Å². The minimum atomic E-state index is -1.24. The van der Waals surface area contributed by atoms with Crippen molar-refractivity contribution in [2.45, 2.75) is 19.4 Å². The van der Waals surface area contributed by atoms with Crippen LogP contribution < -0.4 is 0 Å². The molecule has 1 saturated heterocycles. The van der Waals surface area contributed by atoms with Gasteiger partial charge < -0.3 is 9.47 Å². The molecule has 0 N–H and O–H groups in total. The van der Waals surface area contributed by atoms with Crippen molar-refractivity contribution in [1.82, 2.24) is 0 Å². The molecule has 1 heterocycles. The predicted octanol–water partition coefficient (Wildman–Crippen LogP) is -0.608. The minimum Gasteiger partial charge on any atom is -0.442 e. The Balaban J connectivity index is 2.69. The summed E-state index contributed by atoms with van der Waals surface area (Å²) >= 11 is 0. The summed E-state index contributed by atoms with van der Waals surface area (Å²) in [7, 11) is 0. The van der Waals surface area contributed by atoms with E-state index in [0.717, 1.165) is 0 Å². The smallest absolute Gasteiger partial charge is 0.425 e. The molecule has 1 aliphatic rings. The van der Waals surface area contributed by atoms with Crippen LogP contribution in [0.25, 0.3) is 0 Å². The van der Waals surface area contributed by atoms with Gasteiger partial charge in [0.2, 0.25) is 0 Å². The van der Waals surface area contributed by atoms with Gasteiger partial charge in [-0.3, -0.25) is 0 Å². The molecule has 0 aromatic rings. The van der Waals surface area contributed by atoms with E-state index in [0.29, 0.717) is 6.42 Å². The first kappa shape index (κ1) is 7.71. The number of rotatable bonds is 1. The number of hydrogen-bond acceptors (Lipinski definition) is 5. The molecule has 0 spiro atoms. The summed E-state index contributed by atoms with van der Waals surface area (Å²) in [5.41, 5.74) is 0. The van der Waals surface area contributed by atoms with E-state index >= 15 is 0 Å². The molecule has 60 valence electrons. The highest BCUT2D eigenvalue weighted by molar-refractivity contribution is 6.33. The van der Waals surface area contributed by atoms with E-state index in [1.54, 1.807) is 6.92 Å². The van der Waals surface area contributed by atoms with Crippen molar-refractivity contribution < 1.29 is 23.9 Å². The predicted molar refractivity (Wildman–Crippen MR) is 31.3 cm³/mol. The maximum absolute atomic E-state index is 10.7. The Hall–Kier alpha value is -1.39. The lowest BCUT2D eigenvalue weighted by Crippen LogP contribution is -2.40. The summed E-state index contributed by atoms with van der Waals surface area (Å²) < 4.78 is 8.45. The van der Waals surface area contributed by atoms with Crippen molar-refractivity contribution in [1.29, 1.82) is 0 Å². The summed E-state index contributed by atoms with van der Waals surface area (Å²) in [5, 5.41) is 0. The van der Waals surface area contributed by atoms with Crippen molar-refractivity contribution in [2.75, 3.05) is 0 Å². The SMILES string of the molecule is CCC1OC(=O)C(=O)OC1=O. The molecule has 5 nitrogen and oxygen atoms in total. The van der Waals surface area contributed by atoms with Crippen LogP contribution in [0.5, 0.6) is 0 Å². The van der Waals surface area contributed by atoms with E-state index in [1.807, 2.05) is 0 Å². The minimum absolute atomic E-state index is 0.317. The highest BCUT2D eigenvalue weighted by atomic mass is 16.7. The van der Waals surface area contributed by atoms with Gasteiger partial charge in [-0.1, -0.05) is 6.92 Å². The van der Waals surface area contributed by atoms with Crippen LogP contribution in [0.15, 0.2) is 0 Å². The summed E-state index contributed by atoms with van der Waals surface area (Å²) in [4.78, 5) is 31.5. The molecular weight excluding hydrogens is 152 g/mol. The van der Waals surface area contributed by atoms with E-state index in [2.05, 4.69) is 9.47 Å². The maximum atomic E-state index is 10.7. The molecule has 5 heteroatoms. The van der Waals surface area contributed by atoms with Crippen molar-refractivity contribution in [2.24, 2.45) is 0 Å². The van der Waals surface area contributed by atoms with Crippen LogP contribution in [0.2, 0.25) is 0 Å². The van der Waals surface area contributed by atoms with Crippen molar-refractivity contribution in [3.8, 4) is 0 Å². The van der Waals surface area contributed by atoms with Gasteiger partial charge in [0.25, 0.3) is 0 Å². The lowest BCUT2D eigenvalue weighted by molar-refractivity contribution is -0.192. The van der Waals surface area contributed by atoms with Gasteiger partial charge in [-0.15, -0.1) is 0 Å². The summed E-state index contributed by atoms with van der Waals surface area (Å²) in [6.07, 6.45) is -0.599. The van der Waals surface area contributed by atoms with Gasteiger partial charge in [0.1, 0.15) is 0 Å². The topological polar surface area (TPSA) is 69.7 Å². The summed E-state index contributed by atoms with van der Waals surface area (Å²) in [6.45, 7) is 1.65. The molecule has 0 aromatic carbocycles. The lowest BCUT2D eigenvalue weighted by Gasteiger charge is -2.17. The molecule has 1 rings (SSSR count). The fourth-order valence-electron chi connectivity index (χ4n) is 0.674. The van der Waals surface area contributed by atoms with Crippen LogP contribution in [0.3, 0.4) is 0 Å². The second-order valence-corrected chi connectivity index (χ2v) is 2.01. The first-order valence-electron chi connectivity index (χ1n) is 3.11. The van der Waals surface area contributed by atoms with Crippen LogP contribution in [-0.2, 0) is 23.9 Å². The molecule has 0 amide bonds. The van der Waals surface area contributed by atoms with Gasteiger partial charge in [0, 0.05) is 0 Å². The zero-order valence-corrected chi connectivity index (χ0v) is 5.83. The molecule has 1 atom stereocenters. The Morgan fingerprint density at radius 2 is 1.91 bits per heavy atom. The highest BCUT2D eigenvalue weighted by Crippen LogP contribution is 2.07. The largest absolute Gasteiger partial charge is 0.442 e. The van der Waals surface area contributed by atoms with Crippen molar-refractivity contribution >= 4 is 17.9 Å². The molecule has 1 fully saturated rings. The molecule has 0 aliphatic carbocycles. The van der Waals surface area contributed by atoms with E-state index in [-0.39, 0.29) is 0 Å². The van der Waals surface area contributed by atoms with Crippen LogP contribution in [0.1, 0.15) is 13.3 Å². The number of hydrogen-bond donors (Lipinski definition) is 0. The number of esters is 3. The molecular formula is C6H6O5. The average molecular weight is 158 g/mol. The van der Waals surface area contributed by atoms with Gasteiger partial charge in [-0.2, -0.15) is 0 Å². The maximum Gasteiger partial charge on any atom is 0.425 e. The number of cyclic esters (lactones) is 3. The fourth-order valence-corrected chi connectivity index (χ4v) is 0.674. The average Bonchev–Trinajstić information content (AvgIpc) is 1.97. The first-order valence-corrected chi connectivity index (χ1v) is 3.11. The number of ether oxygens (including phenoxy) is 2. The fraction of sp³-hybridized carbons (Fsp3) is 0.500. The molecule has 1 aliphatic heterocycles. The highest BCUT2D eigenvalue weighted by Gasteiger charge is 2.35. The second-order valence-electron chi connectivity index (χ2n) is 2.01. The van der Waals surface area contributed by atoms with E-state index < -0.39 is 24.0 Å². The van der Waals surface area contributed by atoms with Gasteiger partial charge in [-0.25, -0.2) is 14.4 Å². The summed E-state index contributed by atoms with van der Waals surface area (Å²) in [6, 6.07) is 0. The zero-order chi connectivity index (χ0) is 8.43. The van der Waals surface area contributed by atoms with E-state index in [4.69, 9.17) is 0 Å². The third-order valence-corrected chi connectivity index (χ3v) is 1.24. The zero-order valence-electron chi connectivity index (χ0n) is 5.83. The molecule has 0 saturated carbocycles. The summed E-state index contributed by atoms with van der Waals surface area (Å²) in [5.74, 6) is -3.13. The Morgan fingerprint density at radius 1 is 1.27 bits per heavy atom. The third kappa shape index (κ3) is 1.36. The van der Waals surface area contributed by atoms with Crippen molar-refractivity contribution in [3.05, 3.63) is 0 Å². The Morgan fingerprint density at radius 3 is 2.45 bits per heavy atom. The Bertz CT molecular complexity index is 219. The quantitative estimate of drug-likeness (QED) is 0.289. The molecule has 1 unspecified atom stereocenters. The van der Waals surface area contributed by atoms with E-state index in [9.17, 15) is 14.4 Å². The molecule has 0 aromatic heterocycles. The Kier molecular flexibility index (Phi) is 1.89. The van der Waals surface area contributed by atoms with Gasteiger partial charge >= 0.3 is 17.9 Å². The molecule has 0 bridgehead atoms. The second kappa shape index (κ2) is 2.69. The molecule has 0 radical (unpaired) electrons. The lowest BCUT2D eigenvalue weighted by atomic mass is 10.2. The van der Waals surface area contributed by atoms with Crippen LogP contribution in [-0.4, -0.2) is 24.0 Å². The van der Waals surface area contributed by atoms with E-state index in [1.165, 1.54) is 0 Å². The number of carbonyl (C=O) groups excluding carboxylic acids is 3. The Labute approximate surface area is 62.3 Å². The normalized spacial score (nSPS) is 24.5. The number of carbonyl (C=O) groups is 3. The third-order valence-electron chi connectivity index (χ3n) is 1.24. The van der Waals surface area contributed by atoms with Gasteiger partial charge in [0.05, 0.1) is 0 Å².